The molecule has 4 heteroatoms. The number of thioether (sulfide) groups is 1. The van der Waals surface area contributed by atoms with Crippen molar-refractivity contribution in [2.24, 2.45) is 0 Å². The maximum atomic E-state index is 13.4. The molecule has 1 heterocycles. The maximum Gasteiger partial charge on any atom is 0.143 e. The molecule has 0 saturated carbocycles. The molecule has 0 aliphatic carbocycles. The first kappa shape index (κ1) is 12.4. The second kappa shape index (κ2) is 5.15. The van der Waals surface area contributed by atoms with Gasteiger partial charge in [0.05, 0.1) is 0 Å². The zero-order chi connectivity index (χ0) is 13.2. The molecule has 0 unspecified atom stereocenters. The van der Waals surface area contributed by atoms with Crippen LogP contribution in [0.3, 0.4) is 0 Å². The molecule has 0 saturated heterocycles. The molecule has 0 fully saturated rings. The van der Waals surface area contributed by atoms with E-state index in [0.29, 0.717) is 4.32 Å². The smallest absolute Gasteiger partial charge is 0.143 e. The lowest BCUT2D eigenvalue weighted by Gasteiger charge is -2.20. The summed E-state index contributed by atoms with van der Waals surface area (Å²) in [5, 5.41) is 3.09. The molecule has 94 valence electrons. The van der Waals surface area contributed by atoms with Gasteiger partial charge in [0.25, 0.3) is 0 Å². The van der Waals surface area contributed by atoms with Crippen LogP contribution in [0.1, 0.15) is 11.1 Å². The predicted octanol–water partition coefficient (Wildman–Crippen LogP) is 4.77. The Morgan fingerprint density at radius 3 is 2.68 bits per heavy atom. The van der Waals surface area contributed by atoms with Crippen molar-refractivity contribution in [1.82, 2.24) is 0 Å². The normalized spacial score (nSPS) is 16.1. The van der Waals surface area contributed by atoms with Crippen LogP contribution >= 0.6 is 24.0 Å². The molecule has 0 aromatic heterocycles. The molecule has 1 aliphatic heterocycles. The van der Waals surface area contributed by atoms with Gasteiger partial charge in [-0.2, -0.15) is 0 Å². The van der Waals surface area contributed by atoms with Gasteiger partial charge in [-0.25, -0.2) is 4.39 Å². The summed E-state index contributed by atoms with van der Waals surface area (Å²) in [4.78, 5) is 0.962. The van der Waals surface area contributed by atoms with Gasteiger partial charge in [0.2, 0.25) is 0 Å². The summed E-state index contributed by atoms with van der Waals surface area (Å²) in [6.07, 6.45) is 2.02. The molecule has 0 atom stereocenters. The van der Waals surface area contributed by atoms with Crippen molar-refractivity contribution < 1.29 is 4.39 Å². The summed E-state index contributed by atoms with van der Waals surface area (Å²) in [5.74, 6) is -0.243. The Kier molecular flexibility index (Phi) is 3.36. The summed E-state index contributed by atoms with van der Waals surface area (Å²) >= 11 is 6.67. The van der Waals surface area contributed by atoms with Gasteiger partial charge in [-0.1, -0.05) is 54.3 Å². The van der Waals surface area contributed by atoms with E-state index in [1.54, 1.807) is 6.07 Å². The predicted molar refractivity (Wildman–Crippen MR) is 84.5 cm³/mol. The van der Waals surface area contributed by atoms with Crippen molar-refractivity contribution in [3.05, 3.63) is 65.5 Å². The number of anilines is 1. The summed E-state index contributed by atoms with van der Waals surface area (Å²) in [6, 6.07) is 14.6. The second-order valence-electron chi connectivity index (χ2n) is 4.12. The lowest BCUT2D eigenvalue weighted by atomic mass is 10.1. The van der Waals surface area contributed by atoms with E-state index in [1.165, 1.54) is 23.9 Å². The summed E-state index contributed by atoms with van der Waals surface area (Å²) in [6.45, 7) is 0. The Hall–Kier alpha value is -1.65. The number of halogens is 1. The molecule has 2 aromatic rings. The lowest BCUT2D eigenvalue weighted by molar-refractivity contribution is 0.627. The molecule has 3 rings (SSSR count). The fraction of sp³-hybridized carbons (Fsp3) is 0. The lowest BCUT2D eigenvalue weighted by Crippen LogP contribution is -2.11. The van der Waals surface area contributed by atoms with Crippen LogP contribution in [0, 0.1) is 5.82 Å². The summed E-state index contributed by atoms with van der Waals surface area (Å²) in [7, 11) is 0. The molecule has 0 bridgehead atoms. The van der Waals surface area contributed by atoms with E-state index in [0.717, 1.165) is 21.7 Å². The Morgan fingerprint density at radius 2 is 1.89 bits per heavy atom. The highest BCUT2D eigenvalue weighted by atomic mass is 32.2. The van der Waals surface area contributed by atoms with Gasteiger partial charge in [-0.3, -0.25) is 0 Å². The van der Waals surface area contributed by atoms with Gasteiger partial charge in [0.15, 0.2) is 0 Å². The van der Waals surface area contributed by atoms with E-state index in [-0.39, 0.29) is 5.82 Å². The van der Waals surface area contributed by atoms with Crippen LogP contribution < -0.4 is 5.32 Å². The standard InChI is InChI=1S/C15H10FNS2/c16-11-6-7-13-12(9-11)14(19-15(18)17-13)8-10-4-2-1-3-5-10/h1-9H,(H,17,18)/b14-8-. The van der Waals surface area contributed by atoms with Crippen molar-refractivity contribution in [3.8, 4) is 0 Å². The molecule has 1 aliphatic rings. The maximum absolute atomic E-state index is 13.4. The monoisotopic (exact) mass is 287 g/mol. The quantitative estimate of drug-likeness (QED) is 0.759. The molecule has 2 aromatic carbocycles. The number of hydrogen-bond acceptors (Lipinski definition) is 2. The first-order chi connectivity index (χ1) is 9.22. The molecule has 0 spiro atoms. The van der Waals surface area contributed by atoms with E-state index in [1.807, 2.05) is 36.4 Å². The van der Waals surface area contributed by atoms with Crippen LogP contribution in [-0.2, 0) is 0 Å². The van der Waals surface area contributed by atoms with Crippen molar-refractivity contribution in [2.45, 2.75) is 0 Å². The fourth-order valence-electron chi connectivity index (χ4n) is 1.93. The molecular weight excluding hydrogens is 277 g/mol. The third-order valence-corrected chi connectivity index (χ3v) is 3.98. The van der Waals surface area contributed by atoms with E-state index in [9.17, 15) is 4.39 Å². The van der Waals surface area contributed by atoms with E-state index < -0.39 is 0 Å². The van der Waals surface area contributed by atoms with Gasteiger partial charge in [-0.15, -0.1) is 0 Å². The Bertz CT molecular complexity index is 665. The van der Waals surface area contributed by atoms with Gasteiger partial charge in [0.1, 0.15) is 10.1 Å². The van der Waals surface area contributed by atoms with Gasteiger partial charge < -0.3 is 5.32 Å². The number of nitrogens with one attached hydrogen (secondary N) is 1. The zero-order valence-corrected chi connectivity index (χ0v) is 11.5. The van der Waals surface area contributed by atoms with Crippen LogP contribution in [0.5, 0.6) is 0 Å². The molecule has 1 nitrogen and oxygen atoms in total. The largest absolute Gasteiger partial charge is 0.340 e. The van der Waals surface area contributed by atoms with Crippen molar-refractivity contribution in [3.63, 3.8) is 0 Å². The average molecular weight is 287 g/mol. The first-order valence-corrected chi connectivity index (χ1v) is 7.00. The van der Waals surface area contributed by atoms with Crippen molar-refractivity contribution >= 4 is 45.0 Å². The van der Waals surface area contributed by atoms with Gasteiger partial charge in [0, 0.05) is 16.2 Å². The van der Waals surface area contributed by atoms with Crippen molar-refractivity contribution in [1.29, 1.82) is 0 Å². The van der Waals surface area contributed by atoms with Crippen molar-refractivity contribution in [2.75, 3.05) is 5.32 Å². The fourth-order valence-corrected chi connectivity index (χ4v) is 3.14. The number of rotatable bonds is 1. The third kappa shape index (κ3) is 2.69. The molecule has 0 amide bonds. The van der Waals surface area contributed by atoms with Crippen LogP contribution in [0.25, 0.3) is 11.0 Å². The van der Waals surface area contributed by atoms with Crippen LogP contribution in [-0.4, -0.2) is 4.32 Å². The van der Waals surface area contributed by atoms with Gasteiger partial charge >= 0.3 is 0 Å². The highest BCUT2D eigenvalue weighted by Crippen LogP contribution is 2.40. The van der Waals surface area contributed by atoms with Crippen LogP contribution in [0.15, 0.2) is 48.5 Å². The topological polar surface area (TPSA) is 12.0 Å². The highest BCUT2D eigenvalue weighted by Gasteiger charge is 2.18. The van der Waals surface area contributed by atoms with E-state index >= 15 is 0 Å². The number of benzene rings is 2. The Morgan fingerprint density at radius 1 is 1.11 bits per heavy atom. The molecule has 0 radical (unpaired) electrons. The highest BCUT2D eigenvalue weighted by molar-refractivity contribution is 8.29. The Labute approximate surface area is 120 Å². The van der Waals surface area contributed by atoms with Crippen LogP contribution in [0.2, 0.25) is 0 Å². The molecule has 19 heavy (non-hydrogen) atoms. The number of fused-ring (bicyclic) bond motifs is 1. The molecular formula is C15H10FNS2. The minimum absolute atomic E-state index is 0.243. The molecule has 1 N–H and O–H groups in total. The average Bonchev–Trinajstić information content (AvgIpc) is 2.41. The van der Waals surface area contributed by atoms with Gasteiger partial charge in [-0.05, 0) is 29.8 Å². The van der Waals surface area contributed by atoms with Crippen LogP contribution in [0.4, 0.5) is 10.1 Å². The van der Waals surface area contributed by atoms with E-state index in [2.05, 4.69) is 5.32 Å². The minimum Gasteiger partial charge on any atom is -0.340 e. The number of thiocarbonyl (C=S) groups is 1. The Balaban J connectivity index is 2.10. The summed E-state index contributed by atoms with van der Waals surface area (Å²) in [5.41, 5.74) is 2.78. The summed E-state index contributed by atoms with van der Waals surface area (Å²) < 4.78 is 14.1. The zero-order valence-electron chi connectivity index (χ0n) is 9.89. The minimum atomic E-state index is -0.243. The number of hydrogen-bond donors (Lipinski definition) is 1. The second-order valence-corrected chi connectivity index (χ2v) is 5.84. The third-order valence-electron chi connectivity index (χ3n) is 2.78. The SMILES string of the molecule is Fc1ccc2c(c1)/C(=C/c1ccccc1)SC(=S)N2. The first-order valence-electron chi connectivity index (χ1n) is 5.78. The van der Waals surface area contributed by atoms with E-state index in [4.69, 9.17) is 12.2 Å².